The maximum Gasteiger partial charge on any atom is 0.253 e. The van der Waals surface area contributed by atoms with Crippen molar-refractivity contribution in [2.75, 3.05) is 13.2 Å². The Morgan fingerprint density at radius 1 is 0.982 bits per heavy atom. The summed E-state index contributed by atoms with van der Waals surface area (Å²) in [6, 6.07) is 0.0832. The highest BCUT2D eigenvalue weighted by Gasteiger charge is 2.58. The second-order valence-corrected chi connectivity index (χ2v) is 17.3. The number of amides is 4. The van der Waals surface area contributed by atoms with Gasteiger partial charge in [0.25, 0.3) is 11.8 Å². The van der Waals surface area contributed by atoms with Gasteiger partial charge >= 0.3 is 0 Å². The highest BCUT2D eigenvalue weighted by molar-refractivity contribution is 6.12. The largest absolute Gasteiger partial charge is 0.387 e. The number of rotatable bonds is 18. The van der Waals surface area contributed by atoms with E-state index in [4.69, 9.17) is 14.2 Å². The van der Waals surface area contributed by atoms with Gasteiger partial charge < -0.3 is 30.0 Å². The molecule has 0 radical (unpaired) electrons. The average molecular weight is 780 g/mol. The summed E-state index contributed by atoms with van der Waals surface area (Å²) in [7, 11) is 0. The van der Waals surface area contributed by atoms with Crippen molar-refractivity contribution in [1.29, 1.82) is 0 Å². The lowest BCUT2D eigenvalue weighted by molar-refractivity contribution is -0.145. The van der Waals surface area contributed by atoms with Crippen LogP contribution >= 0.6 is 0 Å². The summed E-state index contributed by atoms with van der Waals surface area (Å²) < 4.78 is 18.4. The Hall–Kier alpha value is -3.45. The van der Waals surface area contributed by atoms with E-state index in [9.17, 15) is 29.1 Å². The lowest BCUT2D eigenvalue weighted by Gasteiger charge is -2.39. The zero-order chi connectivity index (χ0) is 40.4. The lowest BCUT2D eigenvalue weighted by Crippen LogP contribution is -2.50. The molecule has 3 N–H and O–H groups in total. The van der Waals surface area contributed by atoms with Crippen LogP contribution in [0.15, 0.2) is 48.1 Å². The first kappa shape index (κ1) is 43.7. The molecule has 8 atom stereocenters. The van der Waals surface area contributed by atoms with Crippen LogP contribution in [0.25, 0.3) is 0 Å². The number of Topliss-reactive ketones (excluding diaryl/α,β-unsaturated/α-hetero) is 1. The van der Waals surface area contributed by atoms with Crippen LogP contribution < -0.4 is 10.6 Å². The van der Waals surface area contributed by atoms with E-state index in [1.165, 1.54) is 17.1 Å². The number of carbonyl (C=O) groups excluding carboxylic acids is 5. The zero-order valence-corrected chi connectivity index (χ0v) is 34.1. The minimum atomic E-state index is -0.808. The number of epoxide rings is 1. The summed E-state index contributed by atoms with van der Waals surface area (Å²) in [5.41, 5.74) is 0.366. The van der Waals surface area contributed by atoms with E-state index in [1.807, 2.05) is 45.9 Å². The van der Waals surface area contributed by atoms with Crippen LogP contribution in [0.4, 0.5) is 0 Å². The van der Waals surface area contributed by atoms with E-state index in [2.05, 4.69) is 23.6 Å². The molecule has 0 aromatic carbocycles. The summed E-state index contributed by atoms with van der Waals surface area (Å²) in [5, 5.41) is 17.4. The number of allylic oxidation sites excluding steroid dienone is 3. The smallest absolute Gasteiger partial charge is 0.253 e. The third-order valence-electron chi connectivity index (χ3n) is 12.1. The van der Waals surface area contributed by atoms with Gasteiger partial charge in [-0.25, -0.2) is 0 Å². The van der Waals surface area contributed by atoms with Gasteiger partial charge in [0.1, 0.15) is 23.6 Å². The summed E-state index contributed by atoms with van der Waals surface area (Å²) in [4.78, 5) is 62.7. The molecule has 4 aliphatic heterocycles. The van der Waals surface area contributed by atoms with Crippen molar-refractivity contribution >= 4 is 29.4 Å². The number of hydrogen-bond acceptors (Lipinski definition) is 9. The van der Waals surface area contributed by atoms with E-state index in [1.54, 1.807) is 6.08 Å². The van der Waals surface area contributed by atoms with Gasteiger partial charge in [0.2, 0.25) is 11.8 Å². The number of nitrogens with zero attached hydrogens (tertiary/aromatic N) is 1. The maximum absolute atomic E-state index is 13.3. The Morgan fingerprint density at radius 2 is 1.70 bits per heavy atom. The Labute approximate surface area is 332 Å². The molecule has 3 saturated heterocycles. The van der Waals surface area contributed by atoms with Crippen molar-refractivity contribution in [2.45, 2.75) is 166 Å². The highest BCUT2D eigenvalue weighted by Crippen LogP contribution is 2.44. The van der Waals surface area contributed by atoms with Crippen molar-refractivity contribution in [1.82, 2.24) is 15.5 Å². The predicted octanol–water partition coefficient (Wildman–Crippen LogP) is 5.19. The highest BCUT2D eigenvalue weighted by atomic mass is 16.6. The fourth-order valence-corrected chi connectivity index (χ4v) is 8.50. The van der Waals surface area contributed by atoms with Crippen LogP contribution in [0.3, 0.4) is 0 Å². The SMILES string of the molecule is CC(/C=C/[C@H]1O[C@H](CC(=O)CC2CCC(NC(=O)CCCCCN3C(=O)C=CC3=O)CC2)C[C@@]2(CO2)[C@@H]1O)=C\C[C@@H]1O[C@H](C)[C@H](NC(=O)/C=C\C(C)C)C[C@@H]1C. The van der Waals surface area contributed by atoms with Crippen LogP contribution in [0, 0.1) is 17.8 Å². The summed E-state index contributed by atoms with van der Waals surface area (Å²) in [5.74, 6) is 0.416. The molecule has 310 valence electrons. The summed E-state index contributed by atoms with van der Waals surface area (Å²) in [6.45, 7) is 11.1. The number of imide groups is 1. The standard InChI is InChI=1S/C44H65N3O9/c1-28(2)10-19-40(50)46-36-23-30(4)37(55-31(36)5)17-11-29(3)12-18-38-43(53)44(27-54-44)26-35(56-38)25-34(48)24-32-13-15-33(16-14-32)45-39(49)9-7-6-8-22-47-41(51)20-21-42(47)52/h10-12,18-21,28,30-33,35-38,43,53H,6-9,13-17,22-27H2,1-5H3,(H,45,49)(H,46,50)/b18-12+,19-10-,29-11+/t30-,31+,32?,33?,35+,36+,37-,38+,43+,44+/m0/s1. The van der Waals surface area contributed by atoms with Gasteiger partial charge in [-0.15, -0.1) is 0 Å². The molecule has 0 unspecified atom stereocenters. The van der Waals surface area contributed by atoms with Crippen LogP contribution in [-0.4, -0.2) is 101 Å². The average Bonchev–Trinajstić information content (AvgIpc) is 3.85. The first-order chi connectivity index (χ1) is 26.7. The van der Waals surface area contributed by atoms with Crippen molar-refractivity contribution in [3.05, 3.63) is 48.1 Å². The van der Waals surface area contributed by atoms with Gasteiger partial charge in [0.15, 0.2) is 0 Å². The molecule has 56 heavy (non-hydrogen) atoms. The summed E-state index contributed by atoms with van der Waals surface area (Å²) >= 11 is 0. The fourth-order valence-electron chi connectivity index (χ4n) is 8.50. The quantitative estimate of drug-likeness (QED) is 0.0559. The van der Waals surface area contributed by atoms with E-state index in [0.717, 1.165) is 50.5 Å². The number of carbonyl (C=O) groups is 5. The van der Waals surface area contributed by atoms with Gasteiger partial charge in [-0.3, -0.25) is 28.9 Å². The number of aliphatic hydroxyl groups is 1. The molecule has 4 fully saturated rings. The van der Waals surface area contributed by atoms with Crippen LogP contribution in [0.1, 0.15) is 118 Å². The molecule has 1 saturated carbocycles. The molecule has 0 bridgehead atoms. The van der Waals surface area contributed by atoms with Gasteiger partial charge in [-0.2, -0.15) is 0 Å². The van der Waals surface area contributed by atoms with Gasteiger partial charge in [0.05, 0.1) is 31.0 Å². The number of nitrogens with one attached hydrogen (secondary N) is 2. The molecule has 5 rings (SSSR count). The third-order valence-corrected chi connectivity index (χ3v) is 12.1. The minimum Gasteiger partial charge on any atom is -0.387 e. The Balaban J connectivity index is 0.992. The first-order valence-electron chi connectivity index (χ1n) is 21.0. The van der Waals surface area contributed by atoms with E-state index >= 15 is 0 Å². The Morgan fingerprint density at radius 3 is 2.38 bits per heavy atom. The molecule has 12 heteroatoms. The van der Waals surface area contributed by atoms with Crippen molar-refractivity contribution < 1.29 is 43.3 Å². The minimum absolute atomic E-state index is 0.0241. The molecule has 12 nitrogen and oxygen atoms in total. The number of ketones is 1. The predicted molar refractivity (Wildman–Crippen MR) is 212 cm³/mol. The second-order valence-electron chi connectivity index (χ2n) is 17.3. The molecule has 1 spiro atoms. The normalized spacial score (nSPS) is 33.6. The number of hydrogen-bond donors (Lipinski definition) is 3. The molecule has 0 aromatic rings. The molecule has 5 aliphatic rings. The molecule has 1 aliphatic carbocycles. The van der Waals surface area contributed by atoms with Crippen molar-refractivity contribution in [3.8, 4) is 0 Å². The Kier molecular flexibility index (Phi) is 15.8. The summed E-state index contributed by atoms with van der Waals surface area (Å²) in [6.07, 6.45) is 19.1. The molecule has 4 heterocycles. The lowest BCUT2D eigenvalue weighted by atomic mass is 9.81. The Bertz CT molecular complexity index is 1500. The second kappa shape index (κ2) is 20.3. The van der Waals surface area contributed by atoms with Crippen LogP contribution in [0.5, 0.6) is 0 Å². The maximum atomic E-state index is 13.3. The molecular formula is C44H65N3O9. The molecule has 4 amide bonds. The fraction of sp³-hybridized carbons (Fsp3) is 0.705. The topological polar surface area (TPSA) is 164 Å². The van der Waals surface area contributed by atoms with Gasteiger partial charge in [-0.05, 0) is 89.0 Å². The van der Waals surface area contributed by atoms with E-state index in [0.29, 0.717) is 51.2 Å². The van der Waals surface area contributed by atoms with Crippen molar-refractivity contribution in [2.24, 2.45) is 17.8 Å². The van der Waals surface area contributed by atoms with Crippen LogP contribution in [-0.2, 0) is 38.2 Å². The number of ether oxygens (including phenoxy) is 3. The van der Waals surface area contributed by atoms with E-state index in [-0.39, 0.29) is 78.1 Å². The number of unbranched alkanes of at least 4 members (excludes halogenated alkanes) is 2. The molecule has 0 aromatic heterocycles. The van der Waals surface area contributed by atoms with Gasteiger partial charge in [0, 0.05) is 50.4 Å². The van der Waals surface area contributed by atoms with Crippen LogP contribution in [0.2, 0.25) is 0 Å². The molecular weight excluding hydrogens is 714 g/mol. The van der Waals surface area contributed by atoms with Gasteiger partial charge in [-0.1, -0.05) is 57.1 Å². The van der Waals surface area contributed by atoms with Crippen molar-refractivity contribution in [3.63, 3.8) is 0 Å². The monoisotopic (exact) mass is 779 g/mol. The number of aliphatic hydroxyl groups excluding tert-OH is 1. The van der Waals surface area contributed by atoms with E-state index < -0.39 is 17.8 Å². The third kappa shape index (κ3) is 12.8. The zero-order valence-electron chi connectivity index (χ0n) is 34.1. The first-order valence-corrected chi connectivity index (χ1v) is 21.0.